The molecule has 0 N–H and O–H groups in total. The van der Waals surface area contributed by atoms with Gasteiger partial charge >= 0.3 is 0 Å². The van der Waals surface area contributed by atoms with Gasteiger partial charge < -0.3 is 0 Å². The number of aryl methyl sites for hydroxylation is 2. The molecule has 0 saturated carbocycles. The molecule has 0 atom stereocenters. The van der Waals surface area contributed by atoms with Crippen LogP contribution in [0, 0.1) is 0 Å². The first-order valence-corrected chi connectivity index (χ1v) is 3.40. The largest absolute Gasteiger partial charge is 0.251 e. The third-order valence-corrected chi connectivity index (χ3v) is 1.37. The van der Waals surface area contributed by atoms with Crippen molar-refractivity contribution in [3.63, 3.8) is 0 Å². The molecule has 1 aromatic rings. The SMILES string of the molecule is C[n+]1ccn(CCCF)c1. The van der Waals surface area contributed by atoms with Gasteiger partial charge in [-0.2, -0.15) is 0 Å². The van der Waals surface area contributed by atoms with Crippen LogP contribution < -0.4 is 4.57 Å². The summed E-state index contributed by atoms with van der Waals surface area (Å²) in [5, 5.41) is 0. The normalized spacial score (nSPS) is 10.2. The van der Waals surface area contributed by atoms with Crippen LogP contribution in [0.4, 0.5) is 4.39 Å². The Kier molecular flexibility index (Phi) is 2.42. The van der Waals surface area contributed by atoms with Crippen molar-refractivity contribution in [2.75, 3.05) is 6.67 Å². The van der Waals surface area contributed by atoms with Gasteiger partial charge in [0, 0.05) is 6.42 Å². The number of hydrogen-bond acceptors (Lipinski definition) is 0. The molecule has 3 heteroatoms. The van der Waals surface area contributed by atoms with Crippen molar-refractivity contribution in [2.24, 2.45) is 7.05 Å². The summed E-state index contributed by atoms with van der Waals surface area (Å²) in [5.74, 6) is 0. The summed E-state index contributed by atoms with van der Waals surface area (Å²) in [5.41, 5.74) is 0. The van der Waals surface area contributed by atoms with Gasteiger partial charge in [-0.3, -0.25) is 4.39 Å². The maximum Gasteiger partial charge on any atom is 0.243 e. The van der Waals surface area contributed by atoms with Crippen LogP contribution in [0.5, 0.6) is 0 Å². The minimum Gasteiger partial charge on any atom is -0.251 e. The van der Waals surface area contributed by atoms with Crippen LogP contribution in [-0.2, 0) is 13.6 Å². The van der Waals surface area contributed by atoms with Crippen molar-refractivity contribution in [1.29, 1.82) is 0 Å². The molecule has 0 spiro atoms. The second kappa shape index (κ2) is 3.34. The molecule has 56 valence electrons. The zero-order valence-corrected chi connectivity index (χ0v) is 6.13. The van der Waals surface area contributed by atoms with Gasteiger partial charge in [0.25, 0.3) is 0 Å². The van der Waals surface area contributed by atoms with Crippen LogP contribution in [0.3, 0.4) is 0 Å². The van der Waals surface area contributed by atoms with Crippen molar-refractivity contribution in [3.05, 3.63) is 18.7 Å². The van der Waals surface area contributed by atoms with Crippen molar-refractivity contribution in [3.8, 4) is 0 Å². The fourth-order valence-corrected chi connectivity index (χ4v) is 0.876. The highest BCUT2D eigenvalue weighted by Crippen LogP contribution is 1.88. The second-order valence-electron chi connectivity index (χ2n) is 2.36. The summed E-state index contributed by atoms with van der Waals surface area (Å²) in [7, 11) is 1.95. The van der Waals surface area contributed by atoms with Gasteiger partial charge in [0.05, 0.1) is 20.3 Å². The molecule has 1 heterocycles. The molecule has 0 aliphatic rings. The Balaban J connectivity index is 2.42. The van der Waals surface area contributed by atoms with E-state index in [4.69, 9.17) is 0 Å². The van der Waals surface area contributed by atoms with Gasteiger partial charge in [-0.05, 0) is 0 Å². The van der Waals surface area contributed by atoms with Crippen molar-refractivity contribution in [2.45, 2.75) is 13.0 Å². The first-order chi connectivity index (χ1) is 4.83. The smallest absolute Gasteiger partial charge is 0.243 e. The van der Waals surface area contributed by atoms with E-state index in [-0.39, 0.29) is 6.67 Å². The molecule has 0 unspecified atom stereocenters. The molecule has 1 rings (SSSR count). The molecular weight excluding hydrogens is 131 g/mol. The molecule has 0 amide bonds. The van der Waals surface area contributed by atoms with Crippen molar-refractivity contribution >= 4 is 0 Å². The first-order valence-electron chi connectivity index (χ1n) is 3.40. The molecule has 0 aliphatic carbocycles. The monoisotopic (exact) mass is 143 g/mol. The van der Waals surface area contributed by atoms with E-state index in [1.165, 1.54) is 0 Å². The van der Waals surface area contributed by atoms with Gasteiger partial charge in [0.15, 0.2) is 0 Å². The predicted molar refractivity (Wildman–Crippen MR) is 36.2 cm³/mol. The van der Waals surface area contributed by atoms with Crippen LogP contribution in [-0.4, -0.2) is 11.2 Å². The Hall–Kier alpha value is -0.860. The Bertz CT molecular complexity index is 195. The Morgan fingerprint density at radius 3 is 2.90 bits per heavy atom. The molecule has 0 fully saturated rings. The highest BCUT2D eigenvalue weighted by atomic mass is 19.1. The molecule has 0 aliphatic heterocycles. The maximum absolute atomic E-state index is 11.7. The Labute approximate surface area is 59.9 Å². The van der Waals surface area contributed by atoms with Crippen LogP contribution in [0.15, 0.2) is 18.7 Å². The lowest BCUT2D eigenvalue weighted by Gasteiger charge is -1.89. The van der Waals surface area contributed by atoms with Crippen LogP contribution in [0.2, 0.25) is 0 Å². The van der Waals surface area contributed by atoms with Crippen molar-refractivity contribution < 1.29 is 8.96 Å². The third-order valence-electron chi connectivity index (χ3n) is 1.37. The standard InChI is InChI=1S/C7H12FN2/c1-9-5-6-10(7-9)4-2-3-8/h5-7H,2-4H2,1H3/q+1. The zero-order chi connectivity index (χ0) is 7.40. The van der Waals surface area contributed by atoms with Gasteiger partial charge in [-0.25, -0.2) is 9.13 Å². The average Bonchev–Trinajstić information content (AvgIpc) is 2.31. The summed E-state index contributed by atoms with van der Waals surface area (Å²) in [6.07, 6.45) is 6.43. The summed E-state index contributed by atoms with van der Waals surface area (Å²) < 4.78 is 15.6. The first kappa shape index (κ1) is 7.25. The van der Waals surface area contributed by atoms with Crippen LogP contribution in [0.25, 0.3) is 0 Å². The van der Waals surface area contributed by atoms with E-state index < -0.39 is 0 Å². The Morgan fingerprint density at radius 1 is 1.60 bits per heavy atom. The molecule has 0 bridgehead atoms. The molecule has 0 radical (unpaired) electrons. The van der Waals surface area contributed by atoms with E-state index in [1.807, 2.05) is 34.9 Å². The summed E-state index contributed by atoms with van der Waals surface area (Å²) >= 11 is 0. The quantitative estimate of drug-likeness (QED) is 0.550. The zero-order valence-electron chi connectivity index (χ0n) is 6.13. The molecule has 0 saturated heterocycles. The second-order valence-corrected chi connectivity index (χ2v) is 2.36. The molecule has 2 nitrogen and oxygen atoms in total. The molecule has 10 heavy (non-hydrogen) atoms. The topological polar surface area (TPSA) is 8.81 Å². The van der Waals surface area contributed by atoms with E-state index in [0.29, 0.717) is 6.42 Å². The minimum absolute atomic E-state index is 0.234. The highest BCUT2D eigenvalue weighted by molar-refractivity contribution is 4.65. The molecule has 0 aromatic carbocycles. The number of imidazole rings is 1. The number of aromatic nitrogens is 2. The fourth-order valence-electron chi connectivity index (χ4n) is 0.876. The van der Waals surface area contributed by atoms with Gasteiger partial charge in [-0.15, -0.1) is 0 Å². The number of halogens is 1. The minimum atomic E-state index is -0.234. The lowest BCUT2D eigenvalue weighted by atomic mass is 10.5. The molecular formula is C7H12FN2+. The third kappa shape index (κ3) is 1.83. The predicted octanol–water partition coefficient (Wildman–Crippen LogP) is 0.672. The number of hydrogen-bond donors (Lipinski definition) is 0. The van der Waals surface area contributed by atoms with Crippen LogP contribution in [0.1, 0.15) is 6.42 Å². The van der Waals surface area contributed by atoms with E-state index in [2.05, 4.69) is 0 Å². The van der Waals surface area contributed by atoms with E-state index in [0.717, 1.165) is 6.54 Å². The summed E-state index contributed by atoms with van der Waals surface area (Å²) in [6, 6.07) is 0. The van der Waals surface area contributed by atoms with Gasteiger partial charge in [0.2, 0.25) is 6.33 Å². The Morgan fingerprint density at radius 2 is 2.40 bits per heavy atom. The van der Waals surface area contributed by atoms with E-state index in [9.17, 15) is 4.39 Å². The summed E-state index contributed by atoms with van der Waals surface area (Å²) in [4.78, 5) is 0. The molecule has 1 aromatic heterocycles. The lowest BCUT2D eigenvalue weighted by molar-refractivity contribution is -0.671. The summed E-state index contributed by atoms with van der Waals surface area (Å²) in [6.45, 7) is 0.541. The number of rotatable bonds is 3. The average molecular weight is 143 g/mol. The van der Waals surface area contributed by atoms with E-state index in [1.54, 1.807) is 0 Å². The van der Waals surface area contributed by atoms with E-state index >= 15 is 0 Å². The van der Waals surface area contributed by atoms with Gasteiger partial charge in [0.1, 0.15) is 12.4 Å². The highest BCUT2D eigenvalue weighted by Gasteiger charge is 1.97. The van der Waals surface area contributed by atoms with Crippen LogP contribution >= 0.6 is 0 Å². The maximum atomic E-state index is 11.7. The number of nitrogens with zero attached hydrogens (tertiary/aromatic N) is 2. The van der Waals surface area contributed by atoms with Crippen molar-refractivity contribution in [1.82, 2.24) is 4.57 Å². The number of alkyl halides is 1. The fraction of sp³-hybridized carbons (Fsp3) is 0.571. The van der Waals surface area contributed by atoms with Gasteiger partial charge in [-0.1, -0.05) is 0 Å². The lowest BCUT2D eigenvalue weighted by Crippen LogP contribution is -2.23.